The Morgan fingerprint density at radius 3 is 2.70 bits per heavy atom. The van der Waals surface area contributed by atoms with Crippen molar-refractivity contribution in [2.45, 2.75) is 6.42 Å². The van der Waals surface area contributed by atoms with E-state index in [9.17, 15) is 0 Å². The minimum absolute atomic E-state index is 0. The molecule has 0 radical (unpaired) electrons. The Kier molecular flexibility index (Phi) is 5.22. The number of nitrogens with two attached hydrogens (primary N) is 1. The maximum absolute atomic E-state index is 5.32. The van der Waals surface area contributed by atoms with Crippen LogP contribution in [0, 0.1) is 0 Å². The van der Waals surface area contributed by atoms with E-state index in [4.69, 9.17) is 5.73 Å². The molecular formula is C7H10FeN2. The minimum atomic E-state index is 0. The maximum atomic E-state index is 5.32. The summed E-state index contributed by atoms with van der Waals surface area (Å²) in [6.45, 7) is 0.678. The van der Waals surface area contributed by atoms with Gasteiger partial charge in [-0.15, -0.1) is 0 Å². The Labute approximate surface area is 71.3 Å². The van der Waals surface area contributed by atoms with Crippen LogP contribution < -0.4 is 5.73 Å². The fraction of sp³-hybridized carbons (Fsp3) is 0.286. The molecule has 0 aliphatic carbocycles. The summed E-state index contributed by atoms with van der Waals surface area (Å²) < 4.78 is 0. The van der Waals surface area contributed by atoms with E-state index < -0.39 is 0 Å². The summed E-state index contributed by atoms with van der Waals surface area (Å²) in [5.74, 6) is 0. The van der Waals surface area contributed by atoms with Crippen molar-refractivity contribution in [1.82, 2.24) is 4.98 Å². The maximum Gasteiger partial charge on any atom is 0.0416 e. The molecule has 0 unspecified atom stereocenters. The van der Waals surface area contributed by atoms with Crippen molar-refractivity contribution < 1.29 is 17.1 Å². The largest absolute Gasteiger partial charge is 0.330 e. The van der Waals surface area contributed by atoms with Crippen LogP contribution in [0.2, 0.25) is 0 Å². The fourth-order valence-electron chi connectivity index (χ4n) is 0.694. The third-order valence-corrected chi connectivity index (χ3v) is 1.13. The number of hydrogen-bond donors (Lipinski definition) is 1. The molecule has 3 heteroatoms. The second kappa shape index (κ2) is 5.42. The summed E-state index contributed by atoms with van der Waals surface area (Å²) >= 11 is 0. The molecule has 0 bridgehead atoms. The molecule has 0 atom stereocenters. The van der Waals surface area contributed by atoms with Crippen LogP contribution in [0.3, 0.4) is 0 Å². The molecule has 0 aliphatic heterocycles. The van der Waals surface area contributed by atoms with E-state index in [1.54, 1.807) is 6.20 Å². The smallest absolute Gasteiger partial charge is 0.0416 e. The second-order valence-corrected chi connectivity index (χ2v) is 1.86. The van der Waals surface area contributed by atoms with Crippen molar-refractivity contribution in [2.75, 3.05) is 6.54 Å². The van der Waals surface area contributed by atoms with Crippen LogP contribution in [0.25, 0.3) is 0 Å². The topological polar surface area (TPSA) is 38.9 Å². The molecule has 56 valence electrons. The van der Waals surface area contributed by atoms with Gasteiger partial charge in [0.15, 0.2) is 0 Å². The average molecular weight is 178 g/mol. The van der Waals surface area contributed by atoms with E-state index in [0.29, 0.717) is 6.54 Å². The normalized spacial score (nSPS) is 8.50. The number of hydrogen-bond acceptors (Lipinski definition) is 2. The van der Waals surface area contributed by atoms with Crippen LogP contribution in [-0.4, -0.2) is 11.5 Å². The molecule has 2 nitrogen and oxygen atoms in total. The van der Waals surface area contributed by atoms with Gasteiger partial charge in [-0.1, -0.05) is 6.07 Å². The zero-order chi connectivity index (χ0) is 6.53. The third-order valence-electron chi connectivity index (χ3n) is 1.13. The van der Waals surface area contributed by atoms with Gasteiger partial charge in [-0.3, -0.25) is 4.98 Å². The Balaban J connectivity index is 0.000000810. The minimum Gasteiger partial charge on any atom is -0.330 e. The molecule has 0 spiro atoms. The molecule has 0 fully saturated rings. The number of pyridine rings is 1. The van der Waals surface area contributed by atoms with E-state index >= 15 is 0 Å². The van der Waals surface area contributed by atoms with Crippen LogP contribution in [0.1, 0.15) is 5.69 Å². The van der Waals surface area contributed by atoms with Gasteiger partial charge in [0.1, 0.15) is 0 Å². The first-order valence-corrected chi connectivity index (χ1v) is 3.03. The van der Waals surface area contributed by atoms with Gasteiger partial charge in [-0.05, 0) is 18.7 Å². The van der Waals surface area contributed by atoms with E-state index in [1.165, 1.54) is 0 Å². The van der Waals surface area contributed by atoms with E-state index in [2.05, 4.69) is 4.98 Å². The van der Waals surface area contributed by atoms with Crippen molar-refractivity contribution in [1.29, 1.82) is 0 Å². The zero-order valence-electron chi connectivity index (χ0n) is 5.60. The Bertz CT molecular complexity index is 165. The van der Waals surface area contributed by atoms with Gasteiger partial charge in [-0.25, -0.2) is 0 Å². The third kappa shape index (κ3) is 2.97. The summed E-state index contributed by atoms with van der Waals surface area (Å²) in [4.78, 5) is 4.09. The molecule has 0 saturated heterocycles. The van der Waals surface area contributed by atoms with E-state index in [0.717, 1.165) is 12.1 Å². The zero-order valence-corrected chi connectivity index (χ0v) is 6.71. The van der Waals surface area contributed by atoms with Crippen LogP contribution in [0.4, 0.5) is 0 Å². The second-order valence-electron chi connectivity index (χ2n) is 1.86. The van der Waals surface area contributed by atoms with Gasteiger partial charge in [0.2, 0.25) is 0 Å². The molecule has 0 aliphatic rings. The van der Waals surface area contributed by atoms with Gasteiger partial charge < -0.3 is 5.73 Å². The van der Waals surface area contributed by atoms with Gasteiger partial charge in [0.05, 0.1) is 0 Å². The van der Waals surface area contributed by atoms with Gasteiger partial charge in [0, 0.05) is 35.4 Å². The molecule has 0 aromatic carbocycles. The first-order valence-electron chi connectivity index (χ1n) is 3.03. The monoisotopic (exact) mass is 178 g/mol. The van der Waals surface area contributed by atoms with Crippen LogP contribution in [0.15, 0.2) is 24.4 Å². The standard InChI is InChI=1S/C7H10N2.Fe/c8-5-4-7-3-1-2-6-9-7;/h1-3,6H,4-5,8H2;. The summed E-state index contributed by atoms with van der Waals surface area (Å²) in [6.07, 6.45) is 2.66. The molecular weight excluding hydrogens is 168 g/mol. The summed E-state index contributed by atoms with van der Waals surface area (Å²) in [5, 5.41) is 0. The molecule has 2 N–H and O–H groups in total. The van der Waals surface area contributed by atoms with Gasteiger partial charge in [-0.2, -0.15) is 0 Å². The predicted octanol–water partition coefficient (Wildman–Crippen LogP) is 0.580. The molecule has 1 aromatic rings. The van der Waals surface area contributed by atoms with Crippen molar-refractivity contribution >= 4 is 0 Å². The number of rotatable bonds is 2. The fourth-order valence-corrected chi connectivity index (χ4v) is 0.694. The molecule has 0 saturated carbocycles. The average Bonchev–Trinajstić information content (AvgIpc) is 1.91. The number of aromatic nitrogens is 1. The number of nitrogens with zero attached hydrogens (tertiary/aromatic N) is 1. The predicted molar refractivity (Wildman–Crippen MR) is 37.0 cm³/mol. The molecule has 1 aromatic heterocycles. The van der Waals surface area contributed by atoms with Gasteiger partial charge >= 0.3 is 0 Å². The molecule has 0 amide bonds. The summed E-state index contributed by atoms with van der Waals surface area (Å²) in [6, 6.07) is 5.85. The van der Waals surface area contributed by atoms with Gasteiger partial charge in [0.25, 0.3) is 0 Å². The Hall–Kier alpha value is -0.371. The summed E-state index contributed by atoms with van der Waals surface area (Å²) in [5.41, 5.74) is 6.39. The summed E-state index contributed by atoms with van der Waals surface area (Å²) in [7, 11) is 0. The van der Waals surface area contributed by atoms with Crippen molar-refractivity contribution in [2.24, 2.45) is 5.73 Å². The first-order chi connectivity index (χ1) is 4.43. The SMILES string of the molecule is NCCc1ccccn1.[Fe]. The molecule has 1 rings (SSSR count). The van der Waals surface area contributed by atoms with Crippen molar-refractivity contribution in [3.63, 3.8) is 0 Å². The van der Waals surface area contributed by atoms with Crippen molar-refractivity contribution in [3.8, 4) is 0 Å². The van der Waals surface area contributed by atoms with Crippen LogP contribution in [0.5, 0.6) is 0 Å². The molecule has 1 heterocycles. The molecule has 10 heavy (non-hydrogen) atoms. The van der Waals surface area contributed by atoms with Crippen LogP contribution in [-0.2, 0) is 23.5 Å². The van der Waals surface area contributed by atoms with Crippen LogP contribution >= 0.6 is 0 Å². The Morgan fingerprint density at radius 2 is 2.20 bits per heavy atom. The van der Waals surface area contributed by atoms with E-state index in [-0.39, 0.29) is 17.1 Å². The Morgan fingerprint density at radius 1 is 1.40 bits per heavy atom. The van der Waals surface area contributed by atoms with Crippen molar-refractivity contribution in [3.05, 3.63) is 30.1 Å². The quantitative estimate of drug-likeness (QED) is 0.672. The first kappa shape index (κ1) is 9.63. The van der Waals surface area contributed by atoms with E-state index in [1.807, 2.05) is 18.2 Å².